The van der Waals surface area contributed by atoms with Crippen LogP contribution >= 0.6 is 0 Å². The van der Waals surface area contributed by atoms with E-state index in [1.807, 2.05) is 43.0 Å². The van der Waals surface area contributed by atoms with Crippen LogP contribution in [0.25, 0.3) is 0 Å². The van der Waals surface area contributed by atoms with Gasteiger partial charge in [0.1, 0.15) is 0 Å². The molecule has 0 atom stereocenters. The number of carbonyl (C=O) groups excluding carboxylic acids is 1. The number of hydrogen-bond acceptors (Lipinski definition) is 4. The number of nitro groups is 1. The summed E-state index contributed by atoms with van der Waals surface area (Å²) in [6.45, 7) is 6.52. The van der Waals surface area contributed by atoms with Crippen molar-refractivity contribution in [2.45, 2.75) is 52.1 Å². The Balaban J connectivity index is 1.67. The molecule has 0 aromatic heterocycles. The summed E-state index contributed by atoms with van der Waals surface area (Å²) in [7, 11) is 0. The van der Waals surface area contributed by atoms with E-state index in [0.717, 1.165) is 49.2 Å². The Morgan fingerprint density at radius 2 is 1.90 bits per heavy atom. The van der Waals surface area contributed by atoms with Gasteiger partial charge in [0.15, 0.2) is 0 Å². The molecule has 1 aliphatic heterocycles. The molecule has 0 spiro atoms. The fourth-order valence-corrected chi connectivity index (χ4v) is 4.03. The zero-order chi connectivity index (χ0) is 20.8. The Morgan fingerprint density at radius 3 is 2.55 bits per heavy atom. The number of benzene rings is 2. The lowest BCUT2D eigenvalue weighted by molar-refractivity contribution is -0.384. The fourth-order valence-electron chi connectivity index (χ4n) is 4.03. The number of likely N-dealkylation sites (tertiary alicyclic amines) is 1. The normalized spacial score (nSPS) is 15.2. The van der Waals surface area contributed by atoms with Crippen molar-refractivity contribution in [1.29, 1.82) is 0 Å². The summed E-state index contributed by atoms with van der Waals surface area (Å²) in [5, 5.41) is 11.0. The van der Waals surface area contributed by atoms with Gasteiger partial charge in [-0.25, -0.2) is 0 Å². The molecular formula is C23H29N3O3. The summed E-state index contributed by atoms with van der Waals surface area (Å²) in [4.78, 5) is 27.8. The molecule has 1 aliphatic rings. The zero-order valence-corrected chi connectivity index (χ0v) is 17.2. The number of rotatable bonds is 7. The Bertz CT molecular complexity index is 860. The van der Waals surface area contributed by atoms with Gasteiger partial charge in [0.25, 0.3) is 5.69 Å². The minimum atomic E-state index is -0.352. The average molecular weight is 396 g/mol. The number of piperidine rings is 1. The Morgan fingerprint density at radius 1 is 1.17 bits per heavy atom. The van der Waals surface area contributed by atoms with Crippen LogP contribution in [0.3, 0.4) is 0 Å². The van der Waals surface area contributed by atoms with Crippen molar-refractivity contribution < 1.29 is 9.72 Å². The summed E-state index contributed by atoms with van der Waals surface area (Å²) in [6.07, 6.45) is 3.20. The maximum Gasteiger partial charge on any atom is 0.269 e. The molecule has 1 heterocycles. The highest BCUT2D eigenvalue weighted by atomic mass is 16.6. The number of anilines is 1. The summed E-state index contributed by atoms with van der Waals surface area (Å²) in [5.74, 6) is 0.190. The first kappa shape index (κ1) is 21.0. The highest BCUT2D eigenvalue weighted by Gasteiger charge is 2.29. The second-order valence-corrected chi connectivity index (χ2v) is 7.79. The van der Waals surface area contributed by atoms with Crippen molar-refractivity contribution in [3.05, 3.63) is 69.8 Å². The average Bonchev–Trinajstić information content (AvgIpc) is 2.70. The van der Waals surface area contributed by atoms with E-state index in [0.29, 0.717) is 13.0 Å². The fraction of sp³-hybridized carbons (Fsp3) is 0.435. The molecule has 1 amide bonds. The van der Waals surface area contributed by atoms with Gasteiger partial charge >= 0.3 is 0 Å². The van der Waals surface area contributed by atoms with Gasteiger partial charge in [-0.1, -0.05) is 31.2 Å². The molecule has 154 valence electrons. The van der Waals surface area contributed by atoms with Crippen LogP contribution in [0.4, 0.5) is 11.4 Å². The molecule has 0 radical (unpaired) electrons. The second-order valence-electron chi connectivity index (χ2n) is 7.79. The molecule has 3 rings (SSSR count). The van der Waals surface area contributed by atoms with Crippen LogP contribution in [0.15, 0.2) is 48.5 Å². The van der Waals surface area contributed by atoms with Crippen molar-refractivity contribution in [2.75, 3.05) is 18.0 Å². The van der Waals surface area contributed by atoms with Crippen LogP contribution in [-0.4, -0.2) is 34.9 Å². The van der Waals surface area contributed by atoms with E-state index in [1.54, 1.807) is 12.1 Å². The predicted octanol–water partition coefficient (Wildman–Crippen LogP) is 4.70. The number of non-ortho nitro benzene ring substituents is 1. The van der Waals surface area contributed by atoms with Crippen molar-refractivity contribution in [3.8, 4) is 0 Å². The topological polar surface area (TPSA) is 66.7 Å². The SMILES string of the molecule is CCCC(=O)N(c1cccc(C)c1)C1CCN(Cc2cccc([N+](=O)[O-])c2)CC1. The zero-order valence-electron chi connectivity index (χ0n) is 17.2. The lowest BCUT2D eigenvalue weighted by Crippen LogP contribution is -2.47. The van der Waals surface area contributed by atoms with Crippen LogP contribution in [0.5, 0.6) is 0 Å². The van der Waals surface area contributed by atoms with Gasteiger partial charge in [-0.2, -0.15) is 0 Å². The molecule has 1 saturated heterocycles. The molecule has 1 fully saturated rings. The van der Waals surface area contributed by atoms with Crippen LogP contribution in [0.2, 0.25) is 0 Å². The third kappa shape index (κ3) is 5.41. The highest BCUT2D eigenvalue weighted by Crippen LogP contribution is 2.27. The third-order valence-electron chi connectivity index (χ3n) is 5.46. The van der Waals surface area contributed by atoms with E-state index in [1.165, 1.54) is 6.07 Å². The molecule has 2 aromatic carbocycles. The van der Waals surface area contributed by atoms with Crippen molar-refractivity contribution in [1.82, 2.24) is 4.90 Å². The van der Waals surface area contributed by atoms with E-state index < -0.39 is 0 Å². The molecule has 29 heavy (non-hydrogen) atoms. The third-order valence-corrected chi connectivity index (χ3v) is 5.46. The molecule has 0 aliphatic carbocycles. The first-order valence-corrected chi connectivity index (χ1v) is 10.3. The maximum absolute atomic E-state index is 12.9. The number of nitro benzene ring substituents is 1. The van der Waals surface area contributed by atoms with Gasteiger partial charge < -0.3 is 4.90 Å². The van der Waals surface area contributed by atoms with Crippen molar-refractivity contribution >= 4 is 17.3 Å². The van der Waals surface area contributed by atoms with Crippen LogP contribution in [0, 0.1) is 17.0 Å². The predicted molar refractivity (Wildman–Crippen MR) is 115 cm³/mol. The van der Waals surface area contributed by atoms with Gasteiger partial charge in [0.2, 0.25) is 5.91 Å². The lowest BCUT2D eigenvalue weighted by atomic mass is 10.00. The second kappa shape index (κ2) is 9.65. The van der Waals surface area contributed by atoms with E-state index in [9.17, 15) is 14.9 Å². The first-order valence-electron chi connectivity index (χ1n) is 10.3. The molecule has 2 aromatic rings. The van der Waals surface area contributed by atoms with E-state index >= 15 is 0 Å². The minimum Gasteiger partial charge on any atom is -0.309 e. The van der Waals surface area contributed by atoms with Gasteiger partial charge in [-0.3, -0.25) is 19.8 Å². The number of nitrogens with zero attached hydrogens (tertiary/aromatic N) is 3. The molecule has 6 heteroatoms. The number of hydrogen-bond donors (Lipinski definition) is 0. The van der Waals surface area contributed by atoms with Gasteiger partial charge in [-0.15, -0.1) is 0 Å². The van der Waals surface area contributed by atoms with E-state index in [4.69, 9.17) is 0 Å². The largest absolute Gasteiger partial charge is 0.309 e. The summed E-state index contributed by atoms with van der Waals surface area (Å²) < 4.78 is 0. The van der Waals surface area contributed by atoms with Crippen LogP contribution < -0.4 is 4.90 Å². The lowest BCUT2D eigenvalue weighted by Gasteiger charge is -2.39. The Labute approximate surface area is 172 Å². The number of amides is 1. The van der Waals surface area contributed by atoms with Crippen molar-refractivity contribution in [2.24, 2.45) is 0 Å². The molecule has 0 unspecified atom stereocenters. The Hall–Kier alpha value is -2.73. The Kier molecular flexibility index (Phi) is 6.99. The monoisotopic (exact) mass is 395 g/mol. The summed E-state index contributed by atoms with van der Waals surface area (Å²) in [5.41, 5.74) is 3.23. The van der Waals surface area contributed by atoms with Crippen molar-refractivity contribution in [3.63, 3.8) is 0 Å². The van der Waals surface area contributed by atoms with E-state index in [2.05, 4.69) is 11.0 Å². The van der Waals surface area contributed by atoms with E-state index in [-0.39, 0.29) is 22.6 Å². The summed E-state index contributed by atoms with van der Waals surface area (Å²) >= 11 is 0. The first-order chi connectivity index (χ1) is 14.0. The summed E-state index contributed by atoms with van der Waals surface area (Å²) in [6, 6.07) is 15.2. The number of aryl methyl sites for hydroxylation is 1. The smallest absolute Gasteiger partial charge is 0.269 e. The number of carbonyl (C=O) groups is 1. The molecule has 0 N–H and O–H groups in total. The maximum atomic E-state index is 12.9. The molecular weight excluding hydrogens is 366 g/mol. The van der Waals surface area contributed by atoms with Gasteiger partial charge in [0, 0.05) is 49.9 Å². The van der Waals surface area contributed by atoms with Gasteiger partial charge in [0.05, 0.1) is 4.92 Å². The van der Waals surface area contributed by atoms with Crippen LogP contribution in [0.1, 0.15) is 43.7 Å². The standard InChI is InChI=1S/C23H29N3O3/c1-3-6-23(27)25(21-9-4-7-18(2)15-21)20-11-13-24(14-12-20)17-19-8-5-10-22(16-19)26(28)29/h4-5,7-10,15-16,20H,3,6,11-14,17H2,1-2H3. The molecule has 6 nitrogen and oxygen atoms in total. The highest BCUT2D eigenvalue weighted by molar-refractivity contribution is 5.94. The quantitative estimate of drug-likeness (QED) is 0.503. The van der Waals surface area contributed by atoms with Gasteiger partial charge in [-0.05, 0) is 49.4 Å². The molecule has 0 saturated carbocycles. The van der Waals surface area contributed by atoms with Crippen LogP contribution in [-0.2, 0) is 11.3 Å². The minimum absolute atomic E-state index is 0.133. The molecule has 0 bridgehead atoms.